The first kappa shape index (κ1) is 112. The number of ether oxygens (including phenoxy) is 18. The Hall–Kier alpha value is -10.4. The standard InChI is InChI=1S/C50H76N4O16.C42H60N4O16/c1-49(2,3)69-46(58)16-22-62-27-31-66-33-29-64-24-18-51-43(55)35-54(36-44(56)52-19-25-65-30-34-67-32-28-63-23-17-47(59)70-50(4,5)6)45(57)15-21-61-26-20-53-48(60)68-37-42-40-13-9-7-11-38(40)39-12-8-10-14-41(39)42;47-37(43-12-18-58-23-27-60-25-21-56-16-10-40(50)51)29-46(30-38(48)44-13-19-59-24-28-61-26-22-57-17-11-41(52)53)39(49)9-15-55-20-14-45-42(54)62-31-36-34-7-3-1-5-32(34)33-6-2-4-8-35(33)36/h7-14,42H,15-37H2,1-6H3,(H,51,55)(H,52,56)(H,53,60);1-8,36H,9-31H2,(H,43,47)(H,44,48)(H,45,54)(H,50,51)(H,52,53). The van der Waals surface area contributed by atoms with Crippen LogP contribution in [0.15, 0.2) is 97.1 Å². The number of hydrogen-bond acceptors (Lipinski definition) is 30. The second kappa shape index (κ2) is 67.7. The van der Waals surface area contributed by atoms with Gasteiger partial charge in [-0.3, -0.25) is 47.9 Å². The van der Waals surface area contributed by atoms with Crippen molar-refractivity contribution in [3.63, 3.8) is 0 Å². The van der Waals surface area contributed by atoms with Gasteiger partial charge in [-0.15, -0.1) is 0 Å². The molecule has 0 radical (unpaired) electrons. The van der Waals surface area contributed by atoms with Gasteiger partial charge in [-0.25, -0.2) is 9.59 Å². The molecule has 2 aliphatic rings. The number of amides is 8. The highest BCUT2D eigenvalue weighted by Crippen LogP contribution is 2.46. The molecule has 2 aliphatic carbocycles. The van der Waals surface area contributed by atoms with Crippen molar-refractivity contribution in [2.75, 3.05) is 264 Å². The third kappa shape index (κ3) is 52.1. The molecule has 736 valence electrons. The van der Waals surface area contributed by atoms with E-state index in [1.165, 1.54) is 0 Å². The minimum absolute atomic E-state index is 0.0207. The Bertz CT molecular complexity index is 3840. The molecule has 0 saturated heterocycles. The van der Waals surface area contributed by atoms with Gasteiger partial charge in [0.15, 0.2) is 0 Å². The summed E-state index contributed by atoms with van der Waals surface area (Å²) in [5, 5.41) is 33.2. The fourth-order valence-corrected chi connectivity index (χ4v) is 12.6. The summed E-state index contributed by atoms with van der Waals surface area (Å²) in [5.74, 6) is -5.66. The van der Waals surface area contributed by atoms with E-state index in [1.807, 2.05) is 72.8 Å². The monoisotopic (exact) mass is 1860 g/mol. The molecule has 8 N–H and O–H groups in total. The quantitative estimate of drug-likeness (QED) is 0.0170. The second-order valence-electron chi connectivity index (χ2n) is 31.4. The number of carbonyl (C=O) groups is 12. The van der Waals surface area contributed by atoms with E-state index in [2.05, 4.69) is 56.2 Å². The Morgan fingerprint density at radius 3 is 0.720 bits per heavy atom. The van der Waals surface area contributed by atoms with Crippen LogP contribution in [0.2, 0.25) is 0 Å². The molecular weight excluding hydrogens is 1730 g/mol. The fraction of sp³-hybridized carbons (Fsp3) is 0.609. The van der Waals surface area contributed by atoms with Crippen LogP contribution in [-0.4, -0.2) is 366 Å². The number of benzene rings is 4. The smallest absolute Gasteiger partial charge is 0.407 e. The van der Waals surface area contributed by atoms with Crippen LogP contribution in [-0.2, 0) is 133 Å². The predicted octanol–water partition coefficient (Wildman–Crippen LogP) is 4.60. The van der Waals surface area contributed by atoms with Crippen molar-refractivity contribution < 1.29 is 153 Å². The Kier molecular flexibility index (Phi) is 57.5. The van der Waals surface area contributed by atoms with Gasteiger partial charge in [0.1, 0.15) is 50.6 Å². The molecule has 8 amide bonds. The van der Waals surface area contributed by atoms with Crippen LogP contribution >= 0.6 is 0 Å². The summed E-state index contributed by atoms with van der Waals surface area (Å²) in [6.45, 7) is 16.5. The number of alkyl carbamates (subject to hydrolysis) is 2. The molecule has 4 aromatic carbocycles. The lowest BCUT2D eigenvalue weighted by Crippen LogP contribution is -2.46. The van der Waals surface area contributed by atoms with E-state index in [1.54, 1.807) is 41.5 Å². The minimum atomic E-state index is -0.938. The van der Waals surface area contributed by atoms with Crippen molar-refractivity contribution in [1.82, 2.24) is 41.7 Å². The van der Waals surface area contributed by atoms with Gasteiger partial charge in [-0.1, -0.05) is 97.1 Å². The first-order valence-electron chi connectivity index (χ1n) is 44.4. The van der Waals surface area contributed by atoms with Crippen LogP contribution in [0, 0.1) is 0 Å². The number of rotatable bonds is 72. The average molecular weight is 1870 g/mol. The van der Waals surface area contributed by atoms with E-state index in [9.17, 15) is 57.5 Å². The molecule has 6 rings (SSSR count). The molecule has 132 heavy (non-hydrogen) atoms. The summed E-state index contributed by atoms with van der Waals surface area (Å²) >= 11 is 0. The largest absolute Gasteiger partial charge is 0.481 e. The highest BCUT2D eigenvalue weighted by Gasteiger charge is 2.32. The number of nitrogens with one attached hydrogen (secondary N) is 6. The van der Waals surface area contributed by atoms with E-state index < -0.39 is 83.9 Å². The van der Waals surface area contributed by atoms with Crippen molar-refractivity contribution in [3.8, 4) is 22.3 Å². The van der Waals surface area contributed by atoms with Crippen molar-refractivity contribution in [2.24, 2.45) is 0 Å². The summed E-state index contributed by atoms with van der Waals surface area (Å²) in [4.78, 5) is 149. The molecule has 0 saturated carbocycles. The molecule has 0 aromatic heterocycles. The Morgan fingerprint density at radius 2 is 0.477 bits per heavy atom. The number of carboxylic acid groups (broad SMARTS) is 2. The molecular formula is C92H136N8O32. The topological polar surface area (TPSA) is 490 Å². The lowest BCUT2D eigenvalue weighted by atomic mass is 9.98. The van der Waals surface area contributed by atoms with Crippen LogP contribution in [0.5, 0.6) is 0 Å². The maximum atomic E-state index is 13.3. The summed E-state index contributed by atoms with van der Waals surface area (Å²) in [6, 6.07) is 32.2. The van der Waals surface area contributed by atoms with E-state index in [-0.39, 0.29) is 273 Å². The zero-order valence-electron chi connectivity index (χ0n) is 77.0. The summed E-state index contributed by atoms with van der Waals surface area (Å²) in [6.07, 6.45) is -1.30. The Labute approximate surface area is 771 Å². The summed E-state index contributed by atoms with van der Waals surface area (Å²) in [5.41, 5.74) is 7.85. The molecule has 0 spiro atoms. The summed E-state index contributed by atoms with van der Waals surface area (Å²) < 4.78 is 97.3. The first-order chi connectivity index (χ1) is 63.7. The molecule has 0 aliphatic heterocycles. The lowest BCUT2D eigenvalue weighted by Gasteiger charge is -2.22. The van der Waals surface area contributed by atoms with Gasteiger partial charge in [-0.2, -0.15) is 0 Å². The molecule has 0 heterocycles. The third-order valence-electron chi connectivity index (χ3n) is 18.6. The average Bonchev–Trinajstić information content (AvgIpc) is 1.62. The van der Waals surface area contributed by atoms with Crippen LogP contribution in [0.1, 0.15) is 114 Å². The molecule has 0 unspecified atom stereocenters. The Morgan fingerprint density at radius 1 is 0.273 bits per heavy atom. The highest BCUT2D eigenvalue weighted by atomic mass is 16.6. The van der Waals surface area contributed by atoms with Crippen molar-refractivity contribution in [2.45, 2.75) is 103 Å². The maximum Gasteiger partial charge on any atom is 0.407 e. The third-order valence-corrected chi connectivity index (χ3v) is 18.6. The lowest BCUT2D eigenvalue weighted by molar-refractivity contribution is -0.157. The maximum absolute atomic E-state index is 13.3. The first-order valence-corrected chi connectivity index (χ1v) is 44.4. The van der Waals surface area contributed by atoms with Gasteiger partial charge in [-0.05, 0) is 86.1 Å². The zero-order valence-corrected chi connectivity index (χ0v) is 77.0. The second-order valence-corrected chi connectivity index (χ2v) is 31.4. The van der Waals surface area contributed by atoms with Gasteiger partial charge < -0.3 is 137 Å². The Balaban J connectivity index is 0.000000470. The van der Waals surface area contributed by atoms with Gasteiger partial charge in [0, 0.05) is 51.1 Å². The number of esters is 2. The van der Waals surface area contributed by atoms with Gasteiger partial charge in [0.2, 0.25) is 35.4 Å². The van der Waals surface area contributed by atoms with Crippen LogP contribution in [0.25, 0.3) is 22.3 Å². The van der Waals surface area contributed by atoms with Crippen molar-refractivity contribution >= 4 is 71.5 Å². The number of carbonyl (C=O) groups excluding carboxylic acids is 10. The SMILES string of the molecule is CC(C)(C)OC(=O)CCOCCOCCOCCNC(=O)CN(CC(=O)NCCOCCOCCOCCC(=O)OC(C)(C)C)C(=O)CCOCCNC(=O)OCC1c2ccccc2-c2ccccc21.O=C(O)CCOCCOCCOCCNC(=O)CN(CC(=O)NCCOCCOCCOCCC(=O)O)C(=O)CCOCCNC(=O)OCC1c2ccccc2-c2ccccc21. The number of aliphatic carboxylic acids is 2. The minimum Gasteiger partial charge on any atom is -0.481 e. The van der Waals surface area contributed by atoms with E-state index in [4.69, 9.17) is 95.5 Å². The molecule has 0 atom stereocenters. The number of carboxylic acids is 2. The van der Waals surface area contributed by atoms with Crippen molar-refractivity contribution in [1.29, 1.82) is 0 Å². The molecule has 4 aromatic rings. The fourth-order valence-electron chi connectivity index (χ4n) is 12.6. The predicted molar refractivity (Wildman–Crippen MR) is 477 cm³/mol. The van der Waals surface area contributed by atoms with Crippen LogP contribution in [0.4, 0.5) is 9.59 Å². The number of hydrogen-bond donors (Lipinski definition) is 8. The number of fused-ring (bicyclic) bond motifs is 6. The van der Waals surface area contributed by atoms with Crippen molar-refractivity contribution in [3.05, 3.63) is 119 Å². The van der Waals surface area contributed by atoms with Gasteiger partial charge >= 0.3 is 36.1 Å². The van der Waals surface area contributed by atoms with Gasteiger partial charge in [0.05, 0.1) is 224 Å². The van der Waals surface area contributed by atoms with E-state index in [0.717, 1.165) is 54.3 Å². The van der Waals surface area contributed by atoms with E-state index in [0.29, 0.717) is 39.6 Å². The highest BCUT2D eigenvalue weighted by molar-refractivity contribution is 5.90. The molecule has 40 heteroatoms. The number of nitrogens with zero attached hydrogens (tertiary/aromatic N) is 2. The summed E-state index contributed by atoms with van der Waals surface area (Å²) in [7, 11) is 0. The molecule has 0 fully saturated rings. The van der Waals surface area contributed by atoms with Crippen LogP contribution < -0.4 is 31.9 Å². The van der Waals surface area contributed by atoms with Gasteiger partial charge in [0.25, 0.3) is 0 Å². The molecule has 0 bridgehead atoms. The van der Waals surface area contributed by atoms with E-state index >= 15 is 0 Å². The normalized spacial score (nSPS) is 11.9. The zero-order chi connectivity index (χ0) is 95.7. The van der Waals surface area contributed by atoms with Crippen LogP contribution in [0.3, 0.4) is 0 Å². The molecule has 40 nitrogen and oxygen atoms in total.